The maximum Gasteiger partial charge on any atom is 0.261 e. The first-order valence-corrected chi connectivity index (χ1v) is 10.7. The fourth-order valence-corrected chi connectivity index (χ4v) is 3.45. The molecule has 0 fully saturated rings. The molecule has 4 rings (SSSR count). The van der Waals surface area contributed by atoms with Crippen molar-refractivity contribution in [2.24, 2.45) is 0 Å². The highest BCUT2D eigenvalue weighted by molar-refractivity contribution is 5.57. The Labute approximate surface area is 192 Å². The molecule has 170 valence electrons. The van der Waals surface area contributed by atoms with Crippen LogP contribution in [0, 0.1) is 20.8 Å². The number of hydrogen-bond donors (Lipinski definition) is 0. The van der Waals surface area contributed by atoms with E-state index in [9.17, 15) is 4.79 Å². The molecule has 8 heteroatoms. The zero-order chi connectivity index (χ0) is 23.8. The molecule has 0 saturated heterocycles. The van der Waals surface area contributed by atoms with Gasteiger partial charge in [0, 0.05) is 36.5 Å². The Hall–Kier alpha value is -3.81. The summed E-state index contributed by atoms with van der Waals surface area (Å²) in [5.41, 5.74) is 3.68. The van der Waals surface area contributed by atoms with Gasteiger partial charge in [-0.15, -0.1) is 0 Å². The standard InChI is InChI=1S/C25H27N5O3/c1-15-11-22(33-14-18-13-32-17(3)28-18)16(2)23(31)30(15)19-7-9-26-21(12-19)20-8-10-27-24(29-20)25(4,5)6/h7-13H,14H2,1-6H3. The normalized spacial score (nSPS) is 11.6. The Morgan fingerprint density at radius 1 is 1.00 bits per heavy atom. The third-order valence-electron chi connectivity index (χ3n) is 5.22. The second kappa shape index (κ2) is 8.61. The van der Waals surface area contributed by atoms with E-state index in [1.54, 1.807) is 37.1 Å². The Morgan fingerprint density at radius 3 is 2.45 bits per heavy atom. The van der Waals surface area contributed by atoms with Gasteiger partial charge in [-0.25, -0.2) is 15.0 Å². The maximum absolute atomic E-state index is 13.3. The highest BCUT2D eigenvalue weighted by atomic mass is 16.5. The van der Waals surface area contributed by atoms with Gasteiger partial charge < -0.3 is 9.15 Å². The van der Waals surface area contributed by atoms with Crippen LogP contribution in [-0.4, -0.2) is 24.5 Å². The molecule has 8 nitrogen and oxygen atoms in total. The number of aromatic nitrogens is 5. The molecule has 0 aliphatic heterocycles. The van der Waals surface area contributed by atoms with E-state index >= 15 is 0 Å². The van der Waals surface area contributed by atoms with E-state index in [4.69, 9.17) is 9.15 Å². The molecule has 0 bridgehead atoms. The van der Waals surface area contributed by atoms with Gasteiger partial charge in [0.05, 0.1) is 22.6 Å². The maximum atomic E-state index is 13.3. The molecule has 0 aliphatic carbocycles. The first-order valence-electron chi connectivity index (χ1n) is 10.7. The molecule has 0 atom stereocenters. The summed E-state index contributed by atoms with van der Waals surface area (Å²) in [6.45, 7) is 11.8. The van der Waals surface area contributed by atoms with Gasteiger partial charge in [0.25, 0.3) is 5.56 Å². The predicted octanol–water partition coefficient (Wildman–Crippen LogP) is 4.48. The summed E-state index contributed by atoms with van der Waals surface area (Å²) < 4.78 is 12.7. The van der Waals surface area contributed by atoms with Crippen molar-refractivity contribution >= 4 is 0 Å². The van der Waals surface area contributed by atoms with Crippen LogP contribution in [0.1, 0.15) is 49.4 Å². The van der Waals surface area contributed by atoms with Crippen molar-refractivity contribution in [1.29, 1.82) is 0 Å². The second-order valence-electron chi connectivity index (χ2n) is 8.98. The lowest BCUT2D eigenvalue weighted by Gasteiger charge is -2.17. The number of aryl methyl sites for hydroxylation is 2. The molecular weight excluding hydrogens is 418 g/mol. The fraction of sp³-hybridized carbons (Fsp3) is 0.320. The van der Waals surface area contributed by atoms with Crippen LogP contribution in [0.5, 0.6) is 5.75 Å². The summed E-state index contributed by atoms with van der Waals surface area (Å²) in [4.78, 5) is 31.0. The van der Waals surface area contributed by atoms with Crippen LogP contribution in [0.3, 0.4) is 0 Å². The van der Waals surface area contributed by atoms with Gasteiger partial charge in [0.15, 0.2) is 5.89 Å². The molecule has 0 aromatic carbocycles. The Balaban J connectivity index is 1.69. The predicted molar refractivity (Wildman–Crippen MR) is 125 cm³/mol. The van der Waals surface area contributed by atoms with Gasteiger partial charge in [-0.3, -0.25) is 14.3 Å². The molecule has 0 unspecified atom stereocenters. The van der Waals surface area contributed by atoms with Crippen LogP contribution in [0.15, 0.2) is 52.1 Å². The van der Waals surface area contributed by atoms with Crippen LogP contribution in [0.25, 0.3) is 17.1 Å². The molecule has 4 aromatic heterocycles. The molecule has 0 aliphatic rings. The summed E-state index contributed by atoms with van der Waals surface area (Å²) in [5, 5.41) is 0. The van der Waals surface area contributed by atoms with Crippen LogP contribution in [-0.2, 0) is 12.0 Å². The van der Waals surface area contributed by atoms with E-state index in [2.05, 4.69) is 40.7 Å². The lowest BCUT2D eigenvalue weighted by atomic mass is 9.95. The largest absolute Gasteiger partial charge is 0.487 e. The van der Waals surface area contributed by atoms with Crippen molar-refractivity contribution in [3.63, 3.8) is 0 Å². The van der Waals surface area contributed by atoms with Gasteiger partial charge >= 0.3 is 0 Å². The molecule has 4 heterocycles. The highest BCUT2D eigenvalue weighted by Gasteiger charge is 2.19. The number of nitrogens with zero attached hydrogens (tertiary/aromatic N) is 5. The Kier molecular flexibility index (Phi) is 5.84. The van der Waals surface area contributed by atoms with Crippen LogP contribution < -0.4 is 10.3 Å². The Bertz CT molecular complexity index is 1370. The van der Waals surface area contributed by atoms with Crippen molar-refractivity contribution < 1.29 is 9.15 Å². The highest BCUT2D eigenvalue weighted by Crippen LogP contribution is 2.24. The average molecular weight is 446 g/mol. The lowest BCUT2D eigenvalue weighted by Crippen LogP contribution is -2.23. The van der Waals surface area contributed by atoms with Gasteiger partial charge in [0.1, 0.15) is 30.1 Å². The number of pyridine rings is 2. The minimum absolute atomic E-state index is 0.156. The minimum Gasteiger partial charge on any atom is -0.487 e. The summed E-state index contributed by atoms with van der Waals surface area (Å²) in [6, 6.07) is 7.35. The summed E-state index contributed by atoms with van der Waals surface area (Å²) >= 11 is 0. The second-order valence-corrected chi connectivity index (χ2v) is 8.98. The van der Waals surface area contributed by atoms with Gasteiger partial charge in [-0.2, -0.15) is 0 Å². The zero-order valence-corrected chi connectivity index (χ0v) is 19.7. The van der Waals surface area contributed by atoms with Crippen molar-refractivity contribution in [3.05, 3.63) is 81.9 Å². The summed E-state index contributed by atoms with van der Waals surface area (Å²) in [5.74, 6) is 1.83. The van der Waals surface area contributed by atoms with Gasteiger partial charge in [-0.05, 0) is 32.0 Å². The fourth-order valence-electron chi connectivity index (χ4n) is 3.45. The molecule has 0 radical (unpaired) electrons. The van der Waals surface area contributed by atoms with Crippen molar-refractivity contribution in [2.45, 2.75) is 53.6 Å². The van der Waals surface area contributed by atoms with E-state index in [1.165, 1.54) is 0 Å². The van der Waals surface area contributed by atoms with E-state index < -0.39 is 0 Å². The van der Waals surface area contributed by atoms with Crippen molar-refractivity contribution in [3.8, 4) is 22.8 Å². The molecule has 0 spiro atoms. The number of rotatable bonds is 5. The minimum atomic E-state index is -0.182. The SMILES string of the molecule is Cc1nc(COc2cc(C)n(-c3ccnc(-c4ccnc(C(C)(C)C)n4)c3)c(=O)c2C)co1. The Morgan fingerprint density at radius 2 is 1.76 bits per heavy atom. The number of oxazole rings is 1. The summed E-state index contributed by atoms with van der Waals surface area (Å²) in [7, 11) is 0. The first-order chi connectivity index (χ1) is 15.6. The smallest absolute Gasteiger partial charge is 0.261 e. The first kappa shape index (κ1) is 22.4. The number of hydrogen-bond acceptors (Lipinski definition) is 7. The third kappa shape index (κ3) is 4.69. The van der Waals surface area contributed by atoms with E-state index in [-0.39, 0.29) is 17.6 Å². The molecule has 33 heavy (non-hydrogen) atoms. The van der Waals surface area contributed by atoms with Crippen LogP contribution in [0.4, 0.5) is 0 Å². The van der Waals surface area contributed by atoms with E-state index in [0.29, 0.717) is 40.0 Å². The molecule has 0 saturated carbocycles. The van der Waals surface area contributed by atoms with Crippen molar-refractivity contribution in [1.82, 2.24) is 24.5 Å². The lowest BCUT2D eigenvalue weighted by molar-refractivity contribution is 0.297. The van der Waals surface area contributed by atoms with E-state index in [0.717, 1.165) is 11.5 Å². The van der Waals surface area contributed by atoms with Crippen LogP contribution in [0.2, 0.25) is 0 Å². The summed E-state index contributed by atoms with van der Waals surface area (Å²) in [6.07, 6.45) is 4.97. The zero-order valence-electron chi connectivity index (χ0n) is 19.7. The molecule has 4 aromatic rings. The topological polar surface area (TPSA) is 95.9 Å². The van der Waals surface area contributed by atoms with Crippen molar-refractivity contribution in [2.75, 3.05) is 0 Å². The quantitative estimate of drug-likeness (QED) is 0.447. The molecule has 0 N–H and O–H groups in total. The third-order valence-corrected chi connectivity index (χ3v) is 5.22. The number of ether oxygens (including phenoxy) is 1. The average Bonchev–Trinajstić information content (AvgIpc) is 3.20. The van der Waals surface area contributed by atoms with Gasteiger partial charge in [0.2, 0.25) is 0 Å². The molecular formula is C25H27N5O3. The molecule has 0 amide bonds. The van der Waals surface area contributed by atoms with Crippen LogP contribution >= 0.6 is 0 Å². The monoisotopic (exact) mass is 445 g/mol. The van der Waals surface area contributed by atoms with E-state index in [1.807, 2.05) is 31.2 Å². The van der Waals surface area contributed by atoms with Gasteiger partial charge in [-0.1, -0.05) is 20.8 Å².